The van der Waals surface area contributed by atoms with Gasteiger partial charge in [0.05, 0.1) is 17.1 Å². The number of phenols is 1. The molecule has 0 atom stereocenters. The van der Waals surface area contributed by atoms with E-state index in [1.807, 2.05) is 0 Å². The van der Waals surface area contributed by atoms with Crippen molar-refractivity contribution in [3.05, 3.63) is 22.4 Å². The highest BCUT2D eigenvalue weighted by atomic mass is 79.9. The average Bonchev–Trinajstić information content (AvgIpc) is 2.58. The maximum atomic E-state index is 13.9. The van der Waals surface area contributed by atoms with E-state index in [0.717, 1.165) is 0 Å². The number of aryl methyl sites for hydroxylation is 1. The quantitative estimate of drug-likeness (QED) is 0.891. The molecule has 3 N–H and O–H groups in total. The Balaban J connectivity index is 2.71. The lowest BCUT2D eigenvalue weighted by atomic mass is 10.1. The van der Waals surface area contributed by atoms with Crippen molar-refractivity contribution >= 4 is 21.7 Å². The average molecular weight is 316 g/mol. The topological polar surface area (TPSA) is 73.3 Å². The number of aromatic hydroxyl groups is 1. The molecular formula is C11H11BrFN3O2. The number of methoxy groups -OCH3 is 1. The third-order valence-corrected chi connectivity index (χ3v) is 3.13. The Morgan fingerprint density at radius 1 is 1.50 bits per heavy atom. The Labute approximate surface area is 111 Å². The van der Waals surface area contributed by atoms with Crippen molar-refractivity contribution in [3.63, 3.8) is 0 Å². The number of nitrogen functional groups attached to an aromatic ring is 1. The van der Waals surface area contributed by atoms with Gasteiger partial charge >= 0.3 is 0 Å². The van der Waals surface area contributed by atoms with E-state index in [1.165, 1.54) is 23.9 Å². The minimum atomic E-state index is -0.613. The Morgan fingerprint density at radius 2 is 2.17 bits per heavy atom. The normalized spacial score (nSPS) is 10.7. The lowest BCUT2D eigenvalue weighted by Gasteiger charge is -2.10. The van der Waals surface area contributed by atoms with Crippen LogP contribution in [0.2, 0.25) is 0 Å². The number of ether oxygens (including phenoxy) is 1. The summed E-state index contributed by atoms with van der Waals surface area (Å²) >= 11 is 3.11. The lowest BCUT2D eigenvalue weighted by Crippen LogP contribution is -1.97. The molecule has 0 aliphatic carbocycles. The predicted octanol–water partition coefficient (Wildman–Crippen LogP) is 2.29. The van der Waals surface area contributed by atoms with Crippen molar-refractivity contribution in [1.82, 2.24) is 9.78 Å². The van der Waals surface area contributed by atoms with Crippen LogP contribution in [0.1, 0.15) is 0 Å². The molecule has 96 valence electrons. The van der Waals surface area contributed by atoms with Crippen molar-refractivity contribution < 1.29 is 14.2 Å². The molecule has 0 saturated heterocycles. The number of nitrogens with two attached hydrogens (primary N) is 1. The van der Waals surface area contributed by atoms with E-state index in [1.54, 1.807) is 7.05 Å². The van der Waals surface area contributed by atoms with Gasteiger partial charge in [0.1, 0.15) is 17.3 Å². The Morgan fingerprint density at radius 3 is 2.67 bits per heavy atom. The third-order valence-electron chi connectivity index (χ3n) is 2.54. The summed E-state index contributed by atoms with van der Waals surface area (Å²) < 4.78 is 20.6. The minimum Gasteiger partial charge on any atom is -0.504 e. The molecule has 2 aromatic rings. The van der Waals surface area contributed by atoms with E-state index in [-0.39, 0.29) is 22.8 Å². The van der Waals surface area contributed by atoms with Crippen LogP contribution in [0.25, 0.3) is 11.3 Å². The number of rotatable bonds is 2. The third kappa shape index (κ3) is 1.90. The SMILES string of the molecule is COc1c(Br)cc(F)c(-c2cc(N)n(C)n2)c1O. The van der Waals surface area contributed by atoms with Crippen LogP contribution >= 0.6 is 15.9 Å². The molecule has 0 aliphatic heterocycles. The van der Waals surface area contributed by atoms with Gasteiger partial charge in [0, 0.05) is 13.1 Å². The van der Waals surface area contributed by atoms with Gasteiger partial charge < -0.3 is 15.6 Å². The highest BCUT2D eigenvalue weighted by Gasteiger charge is 2.21. The zero-order valence-electron chi connectivity index (χ0n) is 9.74. The maximum absolute atomic E-state index is 13.9. The largest absolute Gasteiger partial charge is 0.504 e. The van der Waals surface area contributed by atoms with Gasteiger partial charge in [-0.05, 0) is 22.0 Å². The molecule has 0 saturated carbocycles. The van der Waals surface area contributed by atoms with Crippen molar-refractivity contribution in [1.29, 1.82) is 0 Å². The zero-order chi connectivity index (χ0) is 13.4. The zero-order valence-corrected chi connectivity index (χ0v) is 11.3. The van der Waals surface area contributed by atoms with Crippen LogP contribution in [0.15, 0.2) is 16.6 Å². The minimum absolute atomic E-state index is 0.0395. The second kappa shape index (κ2) is 4.49. The second-order valence-electron chi connectivity index (χ2n) is 3.68. The van der Waals surface area contributed by atoms with Crippen LogP contribution in [0, 0.1) is 5.82 Å². The van der Waals surface area contributed by atoms with Gasteiger partial charge in [-0.15, -0.1) is 0 Å². The summed E-state index contributed by atoms with van der Waals surface area (Å²) in [5.74, 6) is -0.415. The van der Waals surface area contributed by atoms with Crippen LogP contribution in [0.5, 0.6) is 11.5 Å². The van der Waals surface area contributed by atoms with E-state index < -0.39 is 5.82 Å². The van der Waals surface area contributed by atoms with Crippen molar-refractivity contribution in [2.45, 2.75) is 0 Å². The fourth-order valence-electron chi connectivity index (χ4n) is 1.63. The molecule has 0 bridgehead atoms. The molecule has 5 nitrogen and oxygen atoms in total. The molecule has 7 heteroatoms. The van der Waals surface area contributed by atoms with E-state index in [9.17, 15) is 9.50 Å². The number of benzene rings is 1. The maximum Gasteiger partial charge on any atom is 0.175 e. The predicted molar refractivity (Wildman–Crippen MR) is 68.9 cm³/mol. The molecule has 0 fully saturated rings. The first-order chi connectivity index (χ1) is 8.45. The summed E-state index contributed by atoms with van der Waals surface area (Å²) in [5.41, 5.74) is 5.84. The van der Waals surface area contributed by atoms with Crippen LogP contribution < -0.4 is 10.5 Å². The van der Waals surface area contributed by atoms with Gasteiger partial charge in [-0.25, -0.2) is 4.39 Å². The molecule has 1 heterocycles. The molecule has 1 aromatic carbocycles. The fraction of sp³-hybridized carbons (Fsp3) is 0.182. The summed E-state index contributed by atoms with van der Waals surface area (Å²) in [5, 5.41) is 14.0. The van der Waals surface area contributed by atoms with Crippen molar-refractivity contribution in [3.8, 4) is 22.8 Å². The highest BCUT2D eigenvalue weighted by Crippen LogP contribution is 2.43. The molecule has 2 rings (SSSR count). The van der Waals surface area contributed by atoms with Gasteiger partial charge in [-0.1, -0.05) is 0 Å². The monoisotopic (exact) mass is 315 g/mol. The summed E-state index contributed by atoms with van der Waals surface area (Å²) in [6.07, 6.45) is 0. The molecule has 1 aromatic heterocycles. The van der Waals surface area contributed by atoms with Crippen LogP contribution in [0.3, 0.4) is 0 Å². The first kappa shape index (κ1) is 12.7. The summed E-state index contributed by atoms with van der Waals surface area (Å²) in [6.45, 7) is 0. The fourth-order valence-corrected chi connectivity index (χ4v) is 2.18. The molecule has 0 unspecified atom stereocenters. The van der Waals surface area contributed by atoms with E-state index in [0.29, 0.717) is 10.3 Å². The van der Waals surface area contributed by atoms with Crippen molar-refractivity contribution in [2.24, 2.45) is 7.05 Å². The van der Waals surface area contributed by atoms with Gasteiger partial charge in [0.15, 0.2) is 11.5 Å². The number of halogens is 2. The number of aromatic nitrogens is 2. The first-order valence-corrected chi connectivity index (χ1v) is 5.79. The molecule has 0 spiro atoms. The second-order valence-corrected chi connectivity index (χ2v) is 4.53. The van der Waals surface area contributed by atoms with E-state index >= 15 is 0 Å². The van der Waals surface area contributed by atoms with Crippen LogP contribution in [-0.2, 0) is 7.05 Å². The standard InChI is InChI=1S/C11H11BrFN3O2/c1-16-8(14)4-7(15-16)9-6(13)3-5(12)11(18-2)10(9)17/h3-4,17H,14H2,1-2H3. The summed E-state index contributed by atoms with van der Waals surface area (Å²) in [4.78, 5) is 0. The van der Waals surface area contributed by atoms with Crippen LogP contribution in [-0.4, -0.2) is 22.0 Å². The van der Waals surface area contributed by atoms with E-state index in [2.05, 4.69) is 21.0 Å². The molecule has 18 heavy (non-hydrogen) atoms. The Bertz CT molecular complexity index is 593. The highest BCUT2D eigenvalue weighted by molar-refractivity contribution is 9.10. The van der Waals surface area contributed by atoms with Crippen LogP contribution in [0.4, 0.5) is 10.2 Å². The number of hydrogen-bond acceptors (Lipinski definition) is 4. The lowest BCUT2D eigenvalue weighted by molar-refractivity contribution is 0.369. The van der Waals surface area contributed by atoms with Gasteiger partial charge in [-0.2, -0.15) is 5.10 Å². The number of phenolic OH excluding ortho intramolecular Hbond substituents is 1. The van der Waals surface area contributed by atoms with Gasteiger partial charge in [0.25, 0.3) is 0 Å². The van der Waals surface area contributed by atoms with Gasteiger partial charge in [0.2, 0.25) is 0 Å². The number of anilines is 1. The first-order valence-electron chi connectivity index (χ1n) is 5.00. The molecular weight excluding hydrogens is 305 g/mol. The number of nitrogens with zero attached hydrogens (tertiary/aromatic N) is 2. The van der Waals surface area contributed by atoms with Crippen molar-refractivity contribution in [2.75, 3.05) is 12.8 Å². The molecule has 0 amide bonds. The summed E-state index contributed by atoms with van der Waals surface area (Å²) in [7, 11) is 3.01. The van der Waals surface area contributed by atoms with Gasteiger partial charge in [-0.3, -0.25) is 4.68 Å². The van der Waals surface area contributed by atoms with E-state index in [4.69, 9.17) is 10.5 Å². The smallest absolute Gasteiger partial charge is 0.175 e. The summed E-state index contributed by atoms with van der Waals surface area (Å²) in [6, 6.07) is 2.68. The number of hydrogen-bond donors (Lipinski definition) is 2. The Hall–Kier alpha value is -1.76. The molecule has 0 aliphatic rings. The Kier molecular flexibility index (Phi) is 3.16. The molecule has 0 radical (unpaired) electrons.